The van der Waals surface area contributed by atoms with Crippen molar-refractivity contribution in [2.75, 3.05) is 19.8 Å². The van der Waals surface area contributed by atoms with Gasteiger partial charge in [-0.3, -0.25) is 10.1 Å². The molecule has 0 aliphatic rings. The van der Waals surface area contributed by atoms with Crippen LogP contribution in [0.2, 0.25) is 0 Å². The Morgan fingerprint density at radius 2 is 2.28 bits per heavy atom. The molecule has 0 bridgehead atoms. The number of aromatic nitrogens is 1. The summed E-state index contributed by atoms with van der Waals surface area (Å²) in [5, 5.41) is 19.4. The minimum atomic E-state index is -1.40. The topological polar surface area (TPSA) is 112 Å². The molecular weight excluding hydrogens is 244 g/mol. The number of hydrogen-bond acceptors (Lipinski definition) is 6. The lowest BCUT2D eigenvalue weighted by Gasteiger charge is -2.05. The summed E-state index contributed by atoms with van der Waals surface area (Å²) in [7, 11) is 0. The zero-order valence-electron chi connectivity index (χ0n) is 9.66. The van der Waals surface area contributed by atoms with Crippen LogP contribution in [0, 0.1) is 10.1 Å². The quantitative estimate of drug-likeness (QED) is 0.441. The summed E-state index contributed by atoms with van der Waals surface area (Å²) in [6.07, 6.45) is 0.861. The second-order valence-corrected chi connectivity index (χ2v) is 3.15. The Morgan fingerprint density at radius 3 is 2.83 bits per heavy atom. The fraction of sp³-hybridized carbons (Fsp3) is 0.400. The normalized spacial score (nSPS) is 10.1. The lowest BCUT2D eigenvalue weighted by Crippen LogP contribution is -2.09. The van der Waals surface area contributed by atoms with Gasteiger partial charge < -0.3 is 14.6 Å². The molecular formula is C10H12N2O6. The molecule has 1 aromatic heterocycles. The first kappa shape index (κ1) is 13.8. The van der Waals surface area contributed by atoms with Crippen molar-refractivity contribution in [3.05, 3.63) is 27.9 Å². The maximum absolute atomic E-state index is 10.8. The number of ether oxygens (including phenoxy) is 2. The number of nitrogens with zero attached hydrogens (tertiary/aromatic N) is 2. The molecule has 0 saturated heterocycles. The predicted octanol–water partition coefficient (Wildman–Crippen LogP) is 1.10. The van der Waals surface area contributed by atoms with Crippen molar-refractivity contribution in [2.45, 2.75) is 6.92 Å². The predicted molar refractivity (Wildman–Crippen MR) is 59.8 cm³/mol. The summed E-state index contributed by atoms with van der Waals surface area (Å²) in [6.45, 7) is 2.89. The Labute approximate surface area is 102 Å². The highest BCUT2D eigenvalue weighted by Gasteiger charge is 2.21. The van der Waals surface area contributed by atoms with E-state index in [9.17, 15) is 14.9 Å². The van der Waals surface area contributed by atoms with Gasteiger partial charge in [0.15, 0.2) is 0 Å². The monoisotopic (exact) mass is 256 g/mol. The van der Waals surface area contributed by atoms with Crippen LogP contribution >= 0.6 is 0 Å². The standard InChI is InChI=1S/C10H12N2O6/c1-2-17-3-4-18-9-5-7(10(13)14)8(6-11-9)12(15)16/h5-6H,2-4H2,1H3,(H,13,14). The molecule has 18 heavy (non-hydrogen) atoms. The minimum Gasteiger partial charge on any atom is -0.477 e. The molecule has 0 fully saturated rings. The fourth-order valence-corrected chi connectivity index (χ4v) is 1.17. The van der Waals surface area contributed by atoms with Gasteiger partial charge in [-0.05, 0) is 6.92 Å². The Hall–Kier alpha value is -2.22. The summed E-state index contributed by atoms with van der Waals surface area (Å²) in [5.41, 5.74) is -1.03. The highest BCUT2D eigenvalue weighted by atomic mass is 16.6. The van der Waals surface area contributed by atoms with Crippen molar-refractivity contribution in [3.8, 4) is 5.88 Å². The molecule has 8 heteroatoms. The molecule has 1 rings (SSSR count). The second kappa shape index (κ2) is 6.50. The Bertz CT molecular complexity index is 448. The first-order valence-corrected chi connectivity index (χ1v) is 5.14. The lowest BCUT2D eigenvalue weighted by molar-refractivity contribution is -0.385. The third kappa shape index (κ3) is 3.67. The maximum atomic E-state index is 10.8. The van der Waals surface area contributed by atoms with Crippen LogP contribution in [0.25, 0.3) is 0 Å². The van der Waals surface area contributed by atoms with E-state index in [4.69, 9.17) is 14.6 Å². The van der Waals surface area contributed by atoms with E-state index in [-0.39, 0.29) is 12.5 Å². The molecule has 0 saturated carbocycles. The fourth-order valence-electron chi connectivity index (χ4n) is 1.17. The zero-order valence-corrected chi connectivity index (χ0v) is 9.66. The van der Waals surface area contributed by atoms with Crippen LogP contribution in [-0.2, 0) is 4.74 Å². The van der Waals surface area contributed by atoms with Gasteiger partial charge in [0.1, 0.15) is 18.4 Å². The number of rotatable bonds is 7. The average Bonchev–Trinajstić information content (AvgIpc) is 2.34. The maximum Gasteiger partial charge on any atom is 0.342 e. The van der Waals surface area contributed by atoms with Crippen molar-refractivity contribution >= 4 is 11.7 Å². The van der Waals surface area contributed by atoms with Gasteiger partial charge in [-0.2, -0.15) is 0 Å². The van der Waals surface area contributed by atoms with E-state index in [0.29, 0.717) is 13.2 Å². The molecule has 98 valence electrons. The first-order valence-electron chi connectivity index (χ1n) is 5.14. The third-order valence-corrected chi connectivity index (χ3v) is 1.97. The number of aromatic carboxylic acids is 1. The van der Waals surface area contributed by atoms with Crippen molar-refractivity contribution < 1.29 is 24.3 Å². The van der Waals surface area contributed by atoms with Crippen molar-refractivity contribution in [2.24, 2.45) is 0 Å². The molecule has 0 aromatic carbocycles. The van der Waals surface area contributed by atoms with Crippen LogP contribution < -0.4 is 4.74 Å². The van der Waals surface area contributed by atoms with Crippen molar-refractivity contribution in [3.63, 3.8) is 0 Å². The Morgan fingerprint density at radius 1 is 1.56 bits per heavy atom. The van der Waals surface area contributed by atoms with E-state index in [1.165, 1.54) is 0 Å². The van der Waals surface area contributed by atoms with Gasteiger partial charge in [0.05, 0.1) is 11.5 Å². The highest BCUT2D eigenvalue weighted by molar-refractivity contribution is 5.92. The minimum absolute atomic E-state index is 0.0118. The Balaban J connectivity index is 2.80. The number of pyridine rings is 1. The summed E-state index contributed by atoms with van der Waals surface area (Å²) in [4.78, 5) is 24.3. The van der Waals surface area contributed by atoms with Crippen LogP contribution in [-0.4, -0.2) is 40.8 Å². The van der Waals surface area contributed by atoms with Gasteiger partial charge in [-0.25, -0.2) is 9.78 Å². The van der Waals surface area contributed by atoms with E-state index < -0.39 is 22.1 Å². The van der Waals surface area contributed by atoms with Crippen LogP contribution in [0.4, 0.5) is 5.69 Å². The summed E-state index contributed by atoms with van der Waals surface area (Å²) in [6, 6.07) is 1.02. The van der Waals surface area contributed by atoms with E-state index in [1.54, 1.807) is 0 Å². The van der Waals surface area contributed by atoms with Gasteiger partial charge in [0.25, 0.3) is 0 Å². The summed E-state index contributed by atoms with van der Waals surface area (Å²) >= 11 is 0. The number of carboxylic acid groups (broad SMARTS) is 1. The van der Waals surface area contributed by atoms with Gasteiger partial charge in [-0.15, -0.1) is 0 Å². The molecule has 0 radical (unpaired) electrons. The van der Waals surface area contributed by atoms with E-state index in [1.807, 2.05) is 6.92 Å². The molecule has 1 N–H and O–H groups in total. The molecule has 0 aliphatic heterocycles. The van der Waals surface area contributed by atoms with Gasteiger partial charge >= 0.3 is 11.7 Å². The molecule has 0 amide bonds. The number of nitro groups is 1. The first-order chi connectivity index (χ1) is 8.56. The lowest BCUT2D eigenvalue weighted by atomic mass is 10.2. The van der Waals surface area contributed by atoms with E-state index >= 15 is 0 Å². The largest absolute Gasteiger partial charge is 0.477 e. The highest BCUT2D eigenvalue weighted by Crippen LogP contribution is 2.21. The number of carboxylic acids is 1. The van der Waals surface area contributed by atoms with Gasteiger partial charge in [-0.1, -0.05) is 0 Å². The molecule has 8 nitrogen and oxygen atoms in total. The number of hydrogen-bond donors (Lipinski definition) is 1. The van der Waals surface area contributed by atoms with Crippen LogP contribution in [0.1, 0.15) is 17.3 Å². The van der Waals surface area contributed by atoms with Gasteiger partial charge in [0, 0.05) is 12.7 Å². The molecule has 0 unspecified atom stereocenters. The smallest absolute Gasteiger partial charge is 0.342 e. The van der Waals surface area contributed by atoms with Crippen molar-refractivity contribution in [1.29, 1.82) is 0 Å². The van der Waals surface area contributed by atoms with Crippen LogP contribution in [0.3, 0.4) is 0 Å². The molecule has 0 spiro atoms. The number of carbonyl (C=O) groups is 1. The molecule has 1 aromatic rings. The van der Waals surface area contributed by atoms with Crippen LogP contribution in [0.15, 0.2) is 12.3 Å². The SMILES string of the molecule is CCOCCOc1cc(C(=O)O)c([N+](=O)[O-])cn1. The summed E-state index contributed by atoms with van der Waals surface area (Å²) < 4.78 is 10.1. The van der Waals surface area contributed by atoms with Gasteiger partial charge in [0.2, 0.25) is 5.88 Å². The molecule has 0 atom stereocenters. The van der Waals surface area contributed by atoms with E-state index in [2.05, 4.69) is 4.98 Å². The van der Waals surface area contributed by atoms with Crippen LogP contribution in [0.5, 0.6) is 5.88 Å². The van der Waals surface area contributed by atoms with E-state index in [0.717, 1.165) is 12.3 Å². The molecule has 1 heterocycles. The van der Waals surface area contributed by atoms with Crippen molar-refractivity contribution in [1.82, 2.24) is 4.98 Å². The second-order valence-electron chi connectivity index (χ2n) is 3.15. The molecule has 0 aliphatic carbocycles. The zero-order chi connectivity index (χ0) is 13.5. The summed E-state index contributed by atoms with van der Waals surface area (Å²) in [5.74, 6) is -1.39. The Kier molecular flexibility index (Phi) is 5.00. The average molecular weight is 256 g/mol. The third-order valence-electron chi connectivity index (χ3n) is 1.97.